The highest BCUT2D eigenvalue weighted by atomic mass is 19.1. The van der Waals surface area contributed by atoms with Crippen LogP contribution in [0.1, 0.15) is 43.1 Å². The number of hydrogen-bond acceptors (Lipinski definition) is 6. The van der Waals surface area contributed by atoms with Crippen molar-refractivity contribution in [3.8, 4) is 11.5 Å². The summed E-state index contributed by atoms with van der Waals surface area (Å²) >= 11 is 0. The molecule has 0 radical (unpaired) electrons. The van der Waals surface area contributed by atoms with E-state index in [0.717, 1.165) is 51.4 Å². The van der Waals surface area contributed by atoms with Gasteiger partial charge < -0.3 is 29.1 Å². The Bertz CT molecular complexity index is 1750. The fraction of sp³-hybridized carbons (Fsp3) is 0.344. The number of likely N-dealkylation sites (N-methyl/N-ethyl adjacent to an activating group) is 1. The lowest BCUT2D eigenvalue weighted by molar-refractivity contribution is 0.151. The van der Waals surface area contributed by atoms with Crippen LogP contribution in [0.2, 0.25) is 0 Å². The number of rotatable bonds is 9. The van der Waals surface area contributed by atoms with Gasteiger partial charge in [-0.3, -0.25) is 9.59 Å². The lowest BCUT2D eigenvalue weighted by atomic mass is 10.1. The largest absolute Gasteiger partial charge is 0.457 e. The molecule has 0 unspecified atom stereocenters. The molecule has 2 aromatic heterocycles. The molecule has 220 valence electrons. The molecule has 0 aliphatic carbocycles. The number of H-pyrrole nitrogens is 2. The van der Waals surface area contributed by atoms with Crippen LogP contribution in [0.4, 0.5) is 4.39 Å². The third kappa shape index (κ3) is 7.32. The van der Waals surface area contributed by atoms with E-state index in [9.17, 15) is 14.0 Å². The average Bonchev–Trinajstić information content (AvgIpc) is 3.36. The molecule has 4 aromatic rings. The molecule has 10 heteroatoms. The zero-order chi connectivity index (χ0) is 29.6. The van der Waals surface area contributed by atoms with Crippen molar-refractivity contribution in [1.29, 1.82) is 0 Å². The van der Waals surface area contributed by atoms with Crippen LogP contribution >= 0.6 is 0 Å². The van der Waals surface area contributed by atoms with E-state index in [0.29, 0.717) is 22.8 Å². The number of nitrogens with one attached hydrogen (secondary N) is 2. The van der Waals surface area contributed by atoms with E-state index in [1.165, 1.54) is 24.3 Å². The van der Waals surface area contributed by atoms with Gasteiger partial charge in [0.2, 0.25) is 0 Å². The second-order valence-electron chi connectivity index (χ2n) is 11.0. The minimum Gasteiger partial charge on any atom is -0.457 e. The monoisotopic (exact) mass is 572 g/mol. The predicted octanol–water partition coefficient (Wildman–Crippen LogP) is 2.61. The van der Waals surface area contributed by atoms with E-state index in [1.807, 2.05) is 6.33 Å². The van der Waals surface area contributed by atoms with Crippen LogP contribution < -0.4 is 26.6 Å². The molecule has 42 heavy (non-hydrogen) atoms. The number of halogens is 1. The third-order valence-corrected chi connectivity index (χ3v) is 7.41. The fourth-order valence-corrected chi connectivity index (χ4v) is 5.17. The van der Waals surface area contributed by atoms with Crippen LogP contribution in [0, 0.1) is 5.82 Å². The Morgan fingerprint density at radius 3 is 2.31 bits per heavy atom. The Hall–Kier alpha value is -4.28. The van der Waals surface area contributed by atoms with E-state index in [4.69, 9.17) is 4.74 Å². The Kier molecular flexibility index (Phi) is 9.14. The lowest BCUT2D eigenvalue weighted by Crippen LogP contribution is -2.46. The Morgan fingerprint density at radius 1 is 0.929 bits per heavy atom. The summed E-state index contributed by atoms with van der Waals surface area (Å²) in [5, 5.41) is 0.268. The number of aromatic nitrogens is 4. The normalized spacial score (nSPS) is 15.5. The van der Waals surface area contributed by atoms with Gasteiger partial charge in [-0.15, -0.1) is 0 Å². The molecule has 0 bridgehead atoms. The van der Waals surface area contributed by atoms with Gasteiger partial charge >= 0.3 is 0 Å². The summed E-state index contributed by atoms with van der Waals surface area (Å²) in [6.07, 6.45) is 6.06. The quantitative estimate of drug-likeness (QED) is 0.320. The number of imidazole rings is 1. The Morgan fingerprint density at radius 2 is 1.62 bits per heavy atom. The van der Waals surface area contributed by atoms with Gasteiger partial charge in [0.15, 0.2) is 0 Å². The molecule has 0 atom stereocenters. The highest BCUT2D eigenvalue weighted by molar-refractivity contribution is 5.51. The summed E-state index contributed by atoms with van der Waals surface area (Å²) in [4.78, 5) is 40.8. The molecule has 1 aliphatic heterocycles. The van der Waals surface area contributed by atoms with E-state index in [2.05, 4.69) is 50.2 Å². The molecule has 1 fully saturated rings. The lowest BCUT2D eigenvalue weighted by Gasteiger charge is -2.32. The van der Waals surface area contributed by atoms with Crippen molar-refractivity contribution in [1.82, 2.24) is 29.3 Å². The fourth-order valence-electron chi connectivity index (χ4n) is 5.17. The van der Waals surface area contributed by atoms with Crippen molar-refractivity contribution in [2.24, 2.45) is 0 Å². The van der Waals surface area contributed by atoms with Crippen molar-refractivity contribution < 1.29 is 9.13 Å². The topological polar surface area (TPSA) is 99.2 Å². The first-order valence-electron chi connectivity index (χ1n) is 14.3. The number of hydrogen-bond donors (Lipinski definition) is 2. The second kappa shape index (κ2) is 13.1. The molecule has 0 spiro atoms. The van der Waals surface area contributed by atoms with Crippen LogP contribution in [0.15, 0.2) is 64.4 Å². The van der Waals surface area contributed by atoms with Gasteiger partial charge in [-0.05, 0) is 80.0 Å². The van der Waals surface area contributed by atoms with Gasteiger partial charge in [-0.25, -0.2) is 9.37 Å². The standard InChI is InChI=1S/C32H37FN6O3/c1-22(2)30-27(34-21-39(30)13-5-12-38-16-14-37(3)15-17-38)20-29-32(41)35-28(31(40)36-29)19-23-6-4-7-26(18-23)42-25-10-8-24(33)9-11-25/h4,6-11,18-22H,5,12-17H2,1-3H3,(H,35,41)(H,36,40)/b28-19-,29-20-. The van der Waals surface area contributed by atoms with Crippen LogP contribution in [0.5, 0.6) is 11.5 Å². The van der Waals surface area contributed by atoms with Crippen molar-refractivity contribution in [2.45, 2.75) is 32.7 Å². The zero-order valence-corrected chi connectivity index (χ0v) is 24.3. The number of nitrogens with zero attached hydrogens (tertiary/aromatic N) is 4. The third-order valence-electron chi connectivity index (χ3n) is 7.41. The van der Waals surface area contributed by atoms with Gasteiger partial charge in [-0.1, -0.05) is 26.0 Å². The van der Waals surface area contributed by atoms with E-state index < -0.39 is 11.1 Å². The second-order valence-corrected chi connectivity index (χ2v) is 11.0. The molecular weight excluding hydrogens is 535 g/mol. The maximum Gasteiger partial charge on any atom is 0.272 e. The molecule has 0 amide bonds. The Balaban J connectivity index is 1.35. The van der Waals surface area contributed by atoms with Gasteiger partial charge in [-0.2, -0.15) is 0 Å². The van der Waals surface area contributed by atoms with Crippen molar-refractivity contribution >= 4 is 12.2 Å². The van der Waals surface area contributed by atoms with Gasteiger partial charge in [0.25, 0.3) is 11.1 Å². The van der Waals surface area contributed by atoms with E-state index in [1.54, 1.807) is 36.4 Å². The van der Waals surface area contributed by atoms with E-state index in [-0.39, 0.29) is 22.4 Å². The molecule has 9 nitrogen and oxygen atoms in total. The highest BCUT2D eigenvalue weighted by Crippen LogP contribution is 2.23. The van der Waals surface area contributed by atoms with Gasteiger partial charge in [0.1, 0.15) is 28.0 Å². The smallest absolute Gasteiger partial charge is 0.272 e. The summed E-state index contributed by atoms with van der Waals surface area (Å²) in [5.41, 5.74) is 1.52. The molecule has 3 heterocycles. The SMILES string of the molecule is CC(C)c1c(/C=c2\[nH]c(=O)/c(=C/c3cccc(Oc4ccc(F)cc4)c3)[nH]c2=O)ncn1CCCN1CCN(C)CC1. The number of aryl methyl sites for hydroxylation is 1. The molecule has 1 aliphatic rings. The maximum atomic E-state index is 13.2. The molecular formula is C32H37FN6O3. The summed E-state index contributed by atoms with van der Waals surface area (Å²) in [5.74, 6) is 0.835. The van der Waals surface area contributed by atoms with Crippen molar-refractivity contribution in [2.75, 3.05) is 39.8 Å². The van der Waals surface area contributed by atoms with Crippen LogP contribution in [-0.2, 0) is 6.54 Å². The summed E-state index contributed by atoms with van der Waals surface area (Å²) in [6.45, 7) is 10.5. The molecule has 2 N–H and O–H groups in total. The highest BCUT2D eigenvalue weighted by Gasteiger charge is 2.16. The number of aromatic amines is 2. The minimum absolute atomic E-state index is 0.120. The number of benzene rings is 2. The van der Waals surface area contributed by atoms with Gasteiger partial charge in [0.05, 0.1) is 12.0 Å². The first-order chi connectivity index (χ1) is 20.2. The molecule has 5 rings (SSSR count). The van der Waals surface area contributed by atoms with Crippen molar-refractivity contribution in [3.63, 3.8) is 0 Å². The number of piperazine rings is 1. The van der Waals surface area contributed by atoms with Crippen LogP contribution in [-0.4, -0.2) is 69.1 Å². The average molecular weight is 573 g/mol. The maximum absolute atomic E-state index is 13.2. The predicted molar refractivity (Wildman–Crippen MR) is 162 cm³/mol. The Labute approximate surface area is 243 Å². The number of ether oxygens (including phenoxy) is 1. The summed E-state index contributed by atoms with van der Waals surface area (Å²) < 4.78 is 21.1. The van der Waals surface area contributed by atoms with Crippen molar-refractivity contribution in [3.05, 3.63) is 109 Å². The minimum atomic E-state index is -0.427. The molecule has 1 saturated heterocycles. The molecule has 0 saturated carbocycles. The summed E-state index contributed by atoms with van der Waals surface area (Å²) in [7, 11) is 2.16. The molecule has 2 aromatic carbocycles. The zero-order valence-electron chi connectivity index (χ0n) is 24.3. The first-order valence-corrected chi connectivity index (χ1v) is 14.3. The van der Waals surface area contributed by atoms with E-state index >= 15 is 0 Å². The summed E-state index contributed by atoms with van der Waals surface area (Å²) in [6, 6.07) is 12.7. The van der Waals surface area contributed by atoms with Gasteiger partial charge in [0, 0.05) is 38.4 Å². The van der Waals surface area contributed by atoms with Crippen LogP contribution in [0.3, 0.4) is 0 Å². The first kappa shape index (κ1) is 29.2. The van der Waals surface area contributed by atoms with Crippen LogP contribution in [0.25, 0.3) is 12.2 Å².